The van der Waals surface area contributed by atoms with Gasteiger partial charge in [-0.25, -0.2) is 4.98 Å². The van der Waals surface area contributed by atoms with Crippen LogP contribution in [0.5, 0.6) is 0 Å². The lowest BCUT2D eigenvalue weighted by atomic mass is 9.96. The van der Waals surface area contributed by atoms with Gasteiger partial charge in [-0.2, -0.15) is 0 Å². The van der Waals surface area contributed by atoms with Crippen LogP contribution in [0.25, 0.3) is 33.3 Å². The van der Waals surface area contributed by atoms with Crippen molar-refractivity contribution < 1.29 is 20.2 Å². The van der Waals surface area contributed by atoms with Crippen LogP contribution in [0.15, 0.2) is 97.5 Å². The number of hydrogen-bond donors (Lipinski definition) is 3. The van der Waals surface area contributed by atoms with E-state index in [4.69, 9.17) is 9.72 Å². The second-order valence-electron chi connectivity index (χ2n) is 10.2. The highest BCUT2D eigenvalue weighted by molar-refractivity contribution is 6.06. The van der Waals surface area contributed by atoms with Crippen molar-refractivity contribution >= 4 is 16.8 Å². The standard InChI is InChI=1S/C33H32N6O2/c34-21-23-6-8-26(9-7-23)31-27(24-4-2-1-3-5-24)20-28-29(38-31)12-15-36-32(28)33(40)37-22-30(25-10-13-35-14-11-25)39-16-18-41-19-17-39/h1-15,20,30H,16-19,21-22,34H2,(H,37,40)/p+2. The lowest BCUT2D eigenvalue weighted by Gasteiger charge is -2.31. The van der Waals surface area contributed by atoms with Gasteiger partial charge in [0, 0.05) is 46.2 Å². The molecule has 8 nitrogen and oxygen atoms in total. The predicted molar refractivity (Wildman–Crippen MR) is 158 cm³/mol. The van der Waals surface area contributed by atoms with Crippen LogP contribution in [0.2, 0.25) is 0 Å². The smallest absolute Gasteiger partial charge is 0.270 e. The highest BCUT2D eigenvalue weighted by atomic mass is 16.5. The Balaban J connectivity index is 1.36. The minimum atomic E-state index is -0.212. The van der Waals surface area contributed by atoms with Crippen LogP contribution < -0.4 is 16.0 Å². The summed E-state index contributed by atoms with van der Waals surface area (Å²) in [5, 5.41) is 3.91. The molecule has 1 aliphatic rings. The molecule has 1 unspecified atom stereocenters. The van der Waals surface area contributed by atoms with Crippen molar-refractivity contribution in [1.82, 2.24) is 20.3 Å². The van der Waals surface area contributed by atoms with Gasteiger partial charge in [0.2, 0.25) is 0 Å². The summed E-state index contributed by atoms with van der Waals surface area (Å²) in [6.07, 6.45) is 5.27. The van der Waals surface area contributed by atoms with Crippen LogP contribution in [0, 0.1) is 0 Å². The molecule has 1 saturated heterocycles. The highest BCUT2D eigenvalue weighted by Gasteiger charge is 2.27. The summed E-state index contributed by atoms with van der Waals surface area (Å²) in [6, 6.07) is 26.6. The Morgan fingerprint density at radius 1 is 0.927 bits per heavy atom. The number of quaternary nitrogens is 2. The fourth-order valence-corrected chi connectivity index (χ4v) is 5.52. The van der Waals surface area contributed by atoms with E-state index in [0.717, 1.165) is 58.5 Å². The normalized spacial score (nSPS) is 14.6. The van der Waals surface area contributed by atoms with E-state index in [9.17, 15) is 4.79 Å². The topological polar surface area (TPSA) is 109 Å². The number of morpholine rings is 1. The Bertz CT molecular complexity index is 1620. The van der Waals surface area contributed by atoms with Gasteiger partial charge in [0.1, 0.15) is 24.8 Å². The van der Waals surface area contributed by atoms with Gasteiger partial charge in [0.25, 0.3) is 5.91 Å². The molecular weight excluding hydrogens is 512 g/mol. The van der Waals surface area contributed by atoms with E-state index in [2.05, 4.69) is 63.5 Å². The first-order chi connectivity index (χ1) is 20.2. The molecule has 8 heteroatoms. The number of nitrogens with zero attached hydrogens (tertiary/aromatic N) is 3. The Labute approximate surface area is 239 Å². The fraction of sp³-hybridized carbons (Fsp3) is 0.212. The molecule has 2 aromatic carbocycles. The van der Waals surface area contributed by atoms with E-state index >= 15 is 0 Å². The quantitative estimate of drug-likeness (QED) is 0.277. The minimum Gasteiger partial charge on any atom is -0.370 e. The van der Waals surface area contributed by atoms with E-state index in [0.29, 0.717) is 25.5 Å². The van der Waals surface area contributed by atoms with Gasteiger partial charge >= 0.3 is 0 Å². The van der Waals surface area contributed by atoms with Crippen molar-refractivity contribution in [2.24, 2.45) is 0 Å². The second kappa shape index (κ2) is 12.3. The van der Waals surface area contributed by atoms with Crippen molar-refractivity contribution in [3.63, 3.8) is 0 Å². The Morgan fingerprint density at radius 2 is 1.68 bits per heavy atom. The molecule has 0 aliphatic carbocycles. The summed E-state index contributed by atoms with van der Waals surface area (Å²) in [6.45, 7) is 4.41. The van der Waals surface area contributed by atoms with E-state index in [1.54, 1.807) is 18.6 Å². The highest BCUT2D eigenvalue weighted by Crippen LogP contribution is 2.34. The number of fused-ring (bicyclic) bond motifs is 1. The maximum atomic E-state index is 13.7. The summed E-state index contributed by atoms with van der Waals surface area (Å²) >= 11 is 0. The maximum absolute atomic E-state index is 13.7. The summed E-state index contributed by atoms with van der Waals surface area (Å²) in [7, 11) is 0. The van der Waals surface area contributed by atoms with E-state index < -0.39 is 0 Å². The molecule has 5 N–H and O–H groups in total. The van der Waals surface area contributed by atoms with Crippen LogP contribution in [0.1, 0.15) is 27.7 Å². The van der Waals surface area contributed by atoms with Gasteiger partial charge in [-0.15, -0.1) is 0 Å². The number of carbonyl (C=O) groups excluding carboxylic acids is 1. The van der Waals surface area contributed by atoms with Crippen molar-refractivity contribution in [2.75, 3.05) is 32.8 Å². The molecule has 0 saturated carbocycles. The number of ether oxygens (including phenoxy) is 1. The first kappa shape index (κ1) is 26.7. The summed E-state index contributed by atoms with van der Waals surface area (Å²) in [5.74, 6) is -0.212. The Kier molecular flexibility index (Phi) is 8.04. The number of amides is 1. The monoisotopic (exact) mass is 546 g/mol. The third-order valence-corrected chi connectivity index (χ3v) is 7.76. The lowest BCUT2D eigenvalue weighted by molar-refractivity contribution is -0.937. The van der Waals surface area contributed by atoms with Crippen molar-refractivity contribution in [1.29, 1.82) is 0 Å². The molecule has 0 bridgehead atoms. The number of hydrogen-bond acceptors (Lipinski definition) is 5. The van der Waals surface area contributed by atoms with Gasteiger partial charge in [0.15, 0.2) is 0 Å². The van der Waals surface area contributed by atoms with Crippen molar-refractivity contribution in [3.8, 4) is 22.4 Å². The number of benzene rings is 2. The number of nitrogens with one attached hydrogen (secondary N) is 2. The molecule has 4 heterocycles. The number of rotatable bonds is 8. The predicted octanol–water partition coefficient (Wildman–Crippen LogP) is 2.49. The van der Waals surface area contributed by atoms with Gasteiger partial charge in [-0.3, -0.25) is 14.8 Å². The fourth-order valence-electron chi connectivity index (χ4n) is 5.52. The zero-order chi connectivity index (χ0) is 28.0. The summed E-state index contributed by atoms with van der Waals surface area (Å²) < 4.78 is 5.59. The number of pyridine rings is 3. The van der Waals surface area contributed by atoms with Crippen molar-refractivity contribution in [2.45, 2.75) is 12.6 Å². The summed E-state index contributed by atoms with van der Waals surface area (Å²) in [4.78, 5) is 28.9. The molecule has 6 rings (SSSR count). The molecule has 1 aliphatic heterocycles. The molecule has 1 amide bonds. The summed E-state index contributed by atoms with van der Waals surface area (Å²) in [5.41, 5.74) is 11.3. The molecular formula is C33H34N6O2+2. The van der Waals surface area contributed by atoms with Crippen LogP contribution in [0.4, 0.5) is 0 Å². The zero-order valence-electron chi connectivity index (χ0n) is 22.9. The van der Waals surface area contributed by atoms with E-state index in [1.807, 2.05) is 36.4 Å². The van der Waals surface area contributed by atoms with Crippen molar-refractivity contribution in [3.05, 3.63) is 114 Å². The van der Waals surface area contributed by atoms with Crippen LogP contribution in [-0.2, 0) is 11.3 Å². The molecule has 206 valence electrons. The SMILES string of the molecule is [NH3+]Cc1ccc(-c2nc3ccnc(C(=O)NCC(c4ccncc4)[NH+]4CCOCC4)c3cc2-c2ccccc2)cc1. The molecule has 3 aromatic heterocycles. The molecule has 1 fully saturated rings. The lowest BCUT2D eigenvalue weighted by Crippen LogP contribution is -3.15. The third-order valence-electron chi connectivity index (χ3n) is 7.76. The average Bonchev–Trinajstić information content (AvgIpc) is 3.05. The first-order valence-electron chi connectivity index (χ1n) is 14.1. The van der Waals surface area contributed by atoms with Gasteiger partial charge in [-0.1, -0.05) is 54.6 Å². The van der Waals surface area contributed by atoms with Crippen LogP contribution in [0.3, 0.4) is 0 Å². The Morgan fingerprint density at radius 3 is 2.41 bits per heavy atom. The molecule has 1 atom stereocenters. The minimum absolute atomic E-state index is 0.0896. The van der Waals surface area contributed by atoms with Gasteiger partial charge in [-0.05, 0) is 29.8 Å². The zero-order valence-corrected chi connectivity index (χ0v) is 22.9. The number of carbonyl (C=O) groups is 1. The Hall–Kier alpha value is -4.50. The largest absolute Gasteiger partial charge is 0.370 e. The average molecular weight is 547 g/mol. The van der Waals surface area contributed by atoms with Gasteiger partial charge < -0.3 is 20.7 Å². The number of aromatic nitrogens is 3. The van der Waals surface area contributed by atoms with Gasteiger partial charge in [0.05, 0.1) is 37.5 Å². The molecule has 41 heavy (non-hydrogen) atoms. The molecule has 0 radical (unpaired) electrons. The third kappa shape index (κ3) is 5.85. The first-order valence-corrected chi connectivity index (χ1v) is 14.1. The van der Waals surface area contributed by atoms with E-state index in [-0.39, 0.29) is 11.9 Å². The molecule has 0 spiro atoms. The molecule has 5 aromatic rings. The second-order valence-corrected chi connectivity index (χ2v) is 10.2. The maximum Gasteiger partial charge on any atom is 0.270 e. The van der Waals surface area contributed by atoms with Crippen LogP contribution in [-0.4, -0.2) is 53.7 Å². The van der Waals surface area contributed by atoms with E-state index in [1.165, 1.54) is 10.5 Å². The van der Waals surface area contributed by atoms with Crippen LogP contribution >= 0.6 is 0 Å².